The SMILES string of the molecule is CN(C)C1CCN(CCCC(C)(C)N)CC1. The first-order valence-corrected chi connectivity index (χ1v) is 6.56. The lowest BCUT2D eigenvalue weighted by Crippen LogP contribution is -2.42. The number of likely N-dealkylation sites (tertiary alicyclic amines) is 1. The Labute approximate surface area is 101 Å². The van der Waals surface area contributed by atoms with Crippen LogP contribution in [0.5, 0.6) is 0 Å². The summed E-state index contributed by atoms with van der Waals surface area (Å²) in [5.74, 6) is 0. The van der Waals surface area contributed by atoms with Crippen molar-refractivity contribution in [1.29, 1.82) is 0 Å². The minimum Gasteiger partial charge on any atom is -0.326 e. The fraction of sp³-hybridized carbons (Fsp3) is 1.00. The molecule has 0 bridgehead atoms. The molecule has 1 heterocycles. The lowest BCUT2D eigenvalue weighted by Gasteiger charge is -2.35. The molecule has 1 aliphatic rings. The van der Waals surface area contributed by atoms with Gasteiger partial charge in [0.05, 0.1) is 0 Å². The molecule has 3 heteroatoms. The van der Waals surface area contributed by atoms with Crippen LogP contribution in [0.1, 0.15) is 39.5 Å². The van der Waals surface area contributed by atoms with Crippen LogP contribution in [-0.4, -0.2) is 55.1 Å². The van der Waals surface area contributed by atoms with Crippen LogP contribution in [0.15, 0.2) is 0 Å². The van der Waals surface area contributed by atoms with Crippen molar-refractivity contribution < 1.29 is 0 Å². The van der Waals surface area contributed by atoms with Gasteiger partial charge in [-0.25, -0.2) is 0 Å². The third kappa shape index (κ3) is 5.28. The van der Waals surface area contributed by atoms with E-state index < -0.39 is 0 Å². The van der Waals surface area contributed by atoms with E-state index in [4.69, 9.17) is 5.73 Å². The number of nitrogens with two attached hydrogens (primary N) is 1. The molecule has 1 aliphatic heterocycles. The van der Waals surface area contributed by atoms with Crippen molar-refractivity contribution in [3.05, 3.63) is 0 Å². The molecule has 0 aliphatic carbocycles. The van der Waals surface area contributed by atoms with Crippen LogP contribution in [0.25, 0.3) is 0 Å². The number of hydrogen-bond acceptors (Lipinski definition) is 3. The largest absolute Gasteiger partial charge is 0.326 e. The van der Waals surface area contributed by atoms with Gasteiger partial charge in [-0.05, 0) is 73.3 Å². The van der Waals surface area contributed by atoms with Crippen LogP contribution in [0.4, 0.5) is 0 Å². The average Bonchev–Trinajstić information content (AvgIpc) is 2.16. The summed E-state index contributed by atoms with van der Waals surface area (Å²) < 4.78 is 0. The zero-order valence-corrected chi connectivity index (χ0v) is 11.5. The quantitative estimate of drug-likeness (QED) is 0.773. The summed E-state index contributed by atoms with van der Waals surface area (Å²) in [6.07, 6.45) is 4.99. The molecule has 16 heavy (non-hydrogen) atoms. The zero-order chi connectivity index (χ0) is 12.2. The third-order valence-electron chi connectivity index (χ3n) is 3.58. The fourth-order valence-corrected chi connectivity index (χ4v) is 2.42. The Morgan fingerprint density at radius 2 is 1.81 bits per heavy atom. The van der Waals surface area contributed by atoms with E-state index in [2.05, 4.69) is 37.7 Å². The minimum absolute atomic E-state index is 0.00194. The van der Waals surface area contributed by atoms with Crippen molar-refractivity contribution in [1.82, 2.24) is 9.80 Å². The lowest BCUT2D eigenvalue weighted by molar-refractivity contribution is 0.141. The summed E-state index contributed by atoms with van der Waals surface area (Å²) in [7, 11) is 4.38. The molecule has 0 aromatic carbocycles. The molecule has 0 aromatic heterocycles. The highest BCUT2D eigenvalue weighted by molar-refractivity contribution is 4.78. The molecule has 1 rings (SSSR count). The third-order valence-corrected chi connectivity index (χ3v) is 3.58. The molecular weight excluding hydrogens is 198 g/mol. The maximum atomic E-state index is 5.99. The topological polar surface area (TPSA) is 32.5 Å². The highest BCUT2D eigenvalue weighted by Gasteiger charge is 2.20. The van der Waals surface area contributed by atoms with Gasteiger partial charge in [0.25, 0.3) is 0 Å². The number of rotatable bonds is 5. The van der Waals surface area contributed by atoms with Crippen molar-refractivity contribution in [2.75, 3.05) is 33.7 Å². The van der Waals surface area contributed by atoms with Crippen LogP contribution in [0.2, 0.25) is 0 Å². The summed E-state index contributed by atoms with van der Waals surface area (Å²) >= 11 is 0. The van der Waals surface area contributed by atoms with E-state index >= 15 is 0 Å². The first kappa shape index (κ1) is 13.9. The highest BCUT2D eigenvalue weighted by Crippen LogP contribution is 2.15. The Morgan fingerprint density at radius 1 is 1.25 bits per heavy atom. The van der Waals surface area contributed by atoms with Crippen molar-refractivity contribution in [3.8, 4) is 0 Å². The van der Waals surface area contributed by atoms with E-state index in [9.17, 15) is 0 Å². The molecule has 96 valence electrons. The number of piperidine rings is 1. The lowest BCUT2D eigenvalue weighted by atomic mass is 9.99. The van der Waals surface area contributed by atoms with Crippen LogP contribution in [-0.2, 0) is 0 Å². The van der Waals surface area contributed by atoms with Crippen molar-refractivity contribution >= 4 is 0 Å². The first-order chi connectivity index (χ1) is 7.38. The summed E-state index contributed by atoms with van der Waals surface area (Å²) in [6, 6.07) is 0.794. The summed E-state index contributed by atoms with van der Waals surface area (Å²) in [5.41, 5.74) is 5.99. The zero-order valence-electron chi connectivity index (χ0n) is 11.5. The Bertz CT molecular complexity index is 188. The smallest absolute Gasteiger partial charge is 0.0113 e. The highest BCUT2D eigenvalue weighted by atomic mass is 15.2. The van der Waals surface area contributed by atoms with Gasteiger partial charge in [-0.1, -0.05) is 0 Å². The molecule has 0 spiro atoms. The van der Waals surface area contributed by atoms with Gasteiger partial charge in [-0.3, -0.25) is 0 Å². The normalized spacial score (nSPS) is 20.6. The summed E-state index contributed by atoms with van der Waals surface area (Å²) in [4.78, 5) is 4.95. The molecule has 0 unspecified atom stereocenters. The second-order valence-corrected chi connectivity index (χ2v) is 6.13. The molecule has 1 fully saturated rings. The average molecular weight is 227 g/mol. The Morgan fingerprint density at radius 3 is 2.25 bits per heavy atom. The van der Waals surface area contributed by atoms with E-state index in [1.54, 1.807) is 0 Å². The number of nitrogens with zero attached hydrogens (tertiary/aromatic N) is 2. The summed E-state index contributed by atoms with van der Waals surface area (Å²) in [5, 5.41) is 0. The second-order valence-electron chi connectivity index (χ2n) is 6.13. The molecule has 0 radical (unpaired) electrons. The predicted molar refractivity (Wildman–Crippen MR) is 70.6 cm³/mol. The standard InChI is InChI=1S/C13H29N3/c1-13(2,14)8-5-9-16-10-6-12(7-11-16)15(3)4/h12H,5-11,14H2,1-4H3. The van der Waals surface area contributed by atoms with Crippen LogP contribution < -0.4 is 5.73 Å². The molecule has 0 saturated carbocycles. The van der Waals surface area contributed by atoms with Gasteiger partial charge in [0.15, 0.2) is 0 Å². The van der Waals surface area contributed by atoms with E-state index in [0.29, 0.717) is 0 Å². The molecular formula is C13H29N3. The maximum absolute atomic E-state index is 5.99. The van der Waals surface area contributed by atoms with E-state index in [1.165, 1.54) is 38.9 Å². The van der Waals surface area contributed by atoms with Gasteiger partial charge in [-0.15, -0.1) is 0 Å². The molecule has 2 N–H and O–H groups in total. The van der Waals surface area contributed by atoms with Crippen molar-refractivity contribution in [2.24, 2.45) is 5.73 Å². The van der Waals surface area contributed by atoms with E-state index in [-0.39, 0.29) is 5.54 Å². The summed E-state index contributed by atoms with van der Waals surface area (Å²) in [6.45, 7) is 7.97. The monoisotopic (exact) mass is 227 g/mol. The minimum atomic E-state index is 0.00194. The van der Waals surface area contributed by atoms with Gasteiger partial charge in [0, 0.05) is 11.6 Å². The van der Waals surface area contributed by atoms with Gasteiger partial charge in [0.1, 0.15) is 0 Å². The fourth-order valence-electron chi connectivity index (χ4n) is 2.42. The maximum Gasteiger partial charge on any atom is 0.0113 e. The Kier molecular flexibility index (Phi) is 5.22. The van der Waals surface area contributed by atoms with Gasteiger partial charge in [-0.2, -0.15) is 0 Å². The van der Waals surface area contributed by atoms with Crippen LogP contribution in [0.3, 0.4) is 0 Å². The predicted octanol–water partition coefficient (Wildman–Crippen LogP) is 1.53. The van der Waals surface area contributed by atoms with Crippen LogP contribution >= 0.6 is 0 Å². The Hall–Kier alpha value is -0.120. The number of hydrogen-bond donors (Lipinski definition) is 1. The van der Waals surface area contributed by atoms with Crippen molar-refractivity contribution in [3.63, 3.8) is 0 Å². The second kappa shape index (κ2) is 5.99. The van der Waals surface area contributed by atoms with Crippen molar-refractivity contribution in [2.45, 2.75) is 51.1 Å². The van der Waals surface area contributed by atoms with Gasteiger partial charge in [0.2, 0.25) is 0 Å². The molecule has 0 aromatic rings. The molecule has 1 saturated heterocycles. The van der Waals surface area contributed by atoms with Gasteiger partial charge < -0.3 is 15.5 Å². The van der Waals surface area contributed by atoms with E-state index in [1.807, 2.05) is 0 Å². The van der Waals surface area contributed by atoms with E-state index in [0.717, 1.165) is 12.5 Å². The first-order valence-electron chi connectivity index (χ1n) is 6.56. The van der Waals surface area contributed by atoms with Crippen LogP contribution in [0, 0.1) is 0 Å². The Balaban J connectivity index is 2.13. The molecule has 3 nitrogen and oxygen atoms in total. The van der Waals surface area contributed by atoms with Gasteiger partial charge >= 0.3 is 0 Å². The molecule has 0 atom stereocenters. The molecule has 0 amide bonds.